The van der Waals surface area contributed by atoms with Crippen LogP contribution in [0.25, 0.3) is 67.1 Å². The molecular weight excluding hydrogens is 1720 g/mol. The monoisotopic (exact) mass is 1820 g/mol. The van der Waals surface area contributed by atoms with Crippen molar-refractivity contribution in [3.05, 3.63) is 222 Å². The molecule has 0 unspecified atom stereocenters. The van der Waals surface area contributed by atoms with Crippen LogP contribution >= 0.6 is 0 Å². The van der Waals surface area contributed by atoms with Gasteiger partial charge < -0.3 is 61.2 Å². The second-order valence-electron chi connectivity index (χ2n) is 32.5. The Morgan fingerprint density at radius 2 is 0.794 bits per heavy atom. The lowest BCUT2D eigenvalue weighted by molar-refractivity contribution is -0.0581. The molecule has 5 N–H and O–H groups in total. The lowest BCUT2D eigenvalue weighted by Crippen LogP contribution is -2.40. The second kappa shape index (κ2) is 36.7. The molecule has 16 rings (SSSR count). The van der Waals surface area contributed by atoms with E-state index in [1.165, 1.54) is 91.7 Å². The molecular formula is C86H97F4N15O17S4. The van der Waals surface area contributed by atoms with Gasteiger partial charge in [0.1, 0.15) is 60.5 Å². The summed E-state index contributed by atoms with van der Waals surface area (Å²) < 4.78 is 199. The molecule has 1 aliphatic heterocycles. The summed E-state index contributed by atoms with van der Waals surface area (Å²) in [7, 11) is -6.40. The molecule has 40 heteroatoms. The molecule has 11 aromatic heterocycles. The number of pyridine rings is 3. The predicted octanol–water partition coefficient (Wildman–Crippen LogP) is 12.7. The Hall–Kier alpha value is -11.6. The molecule has 13 aromatic rings. The van der Waals surface area contributed by atoms with E-state index in [2.05, 4.69) is 39.6 Å². The highest BCUT2D eigenvalue weighted by Crippen LogP contribution is 2.43. The number of rotatable bonds is 20. The van der Waals surface area contributed by atoms with E-state index in [0.29, 0.717) is 109 Å². The zero-order valence-corrected chi connectivity index (χ0v) is 74.6. The molecule has 32 nitrogen and oxygen atoms in total. The van der Waals surface area contributed by atoms with Gasteiger partial charge in [0.25, 0.3) is 22.2 Å². The summed E-state index contributed by atoms with van der Waals surface area (Å²) in [4.78, 5) is 72.9. The highest BCUT2D eigenvalue weighted by atomic mass is 32.2. The van der Waals surface area contributed by atoms with Gasteiger partial charge in [-0.25, -0.2) is 83.8 Å². The van der Waals surface area contributed by atoms with Gasteiger partial charge >= 0.3 is 0 Å². The fraction of sp³-hybridized carbons (Fsp3) is 0.360. The highest BCUT2D eigenvalue weighted by Gasteiger charge is 2.37. The fourth-order valence-electron chi connectivity index (χ4n) is 15.1. The van der Waals surface area contributed by atoms with Gasteiger partial charge in [0.2, 0.25) is 63.7 Å². The Bertz CT molecular complexity index is 6840. The first-order valence-corrected chi connectivity index (χ1v) is 46.1. The zero-order chi connectivity index (χ0) is 91.0. The van der Waals surface area contributed by atoms with Crippen molar-refractivity contribution in [2.45, 2.75) is 168 Å². The fourth-order valence-corrected chi connectivity index (χ4v) is 19.2. The number of sulfonamides is 4. The van der Waals surface area contributed by atoms with Crippen LogP contribution in [-0.4, -0.2) is 184 Å². The number of aromatic nitrogens is 11. The summed E-state index contributed by atoms with van der Waals surface area (Å²) in [6.07, 6.45) is 22.8. The first-order chi connectivity index (χ1) is 59.4. The van der Waals surface area contributed by atoms with Crippen LogP contribution in [0.3, 0.4) is 0 Å². The Morgan fingerprint density at radius 1 is 0.444 bits per heavy atom. The normalized spacial score (nSPS) is 15.2. The van der Waals surface area contributed by atoms with Gasteiger partial charge in [0.15, 0.2) is 11.6 Å². The molecule has 1 saturated heterocycles. The maximum absolute atomic E-state index is 14.2. The van der Waals surface area contributed by atoms with E-state index >= 15 is 0 Å². The Labute approximate surface area is 723 Å². The molecule has 126 heavy (non-hydrogen) atoms. The van der Waals surface area contributed by atoms with Crippen LogP contribution in [0.2, 0.25) is 0 Å². The van der Waals surface area contributed by atoms with Crippen LogP contribution in [0.5, 0.6) is 29.1 Å². The average molecular weight is 1820 g/mol. The van der Waals surface area contributed by atoms with Crippen LogP contribution in [0.4, 0.5) is 17.6 Å². The van der Waals surface area contributed by atoms with Crippen molar-refractivity contribution in [3.63, 3.8) is 0 Å². The molecule has 2 saturated carbocycles. The van der Waals surface area contributed by atoms with Crippen molar-refractivity contribution in [1.29, 1.82) is 0 Å². The molecule has 670 valence electrons. The zero-order valence-electron chi connectivity index (χ0n) is 71.3. The molecule has 2 aliphatic carbocycles. The number of aromatic amines is 4. The molecule has 2 aromatic carbocycles. The van der Waals surface area contributed by atoms with Gasteiger partial charge in [0, 0.05) is 135 Å². The molecule has 12 heterocycles. The summed E-state index contributed by atoms with van der Waals surface area (Å²) in [5.74, 6) is -3.72. The number of nitrogens with zero attached hydrogens (tertiary/aromatic N) is 10. The van der Waals surface area contributed by atoms with Crippen molar-refractivity contribution in [2.24, 2.45) is 0 Å². The van der Waals surface area contributed by atoms with E-state index in [1.807, 2.05) is 26.0 Å². The summed E-state index contributed by atoms with van der Waals surface area (Å²) in [6.45, 7) is 13.7. The van der Waals surface area contributed by atoms with Crippen LogP contribution in [-0.2, 0) is 44.8 Å². The number of halogens is 4. The lowest BCUT2D eigenvalue weighted by Gasteiger charge is -2.29. The highest BCUT2D eigenvalue weighted by molar-refractivity contribution is 7.90. The van der Waals surface area contributed by atoms with Gasteiger partial charge in [-0.3, -0.25) is 19.2 Å². The number of aryl methyl sites for hydroxylation is 4. The number of alkyl halides is 2. The van der Waals surface area contributed by atoms with Crippen LogP contribution in [0.1, 0.15) is 114 Å². The number of H-pyrrole nitrogens is 4. The number of nitrogens with one attached hydrogen (secondary N) is 5. The Balaban J connectivity index is 0.000000144. The maximum Gasteiger partial charge on any atom is 0.272 e. The van der Waals surface area contributed by atoms with Crippen molar-refractivity contribution in [1.82, 2.24) is 70.1 Å². The maximum atomic E-state index is 14.2. The van der Waals surface area contributed by atoms with Gasteiger partial charge in [-0.15, -0.1) is 0 Å². The third-order valence-electron chi connectivity index (χ3n) is 21.5. The first-order valence-electron chi connectivity index (χ1n) is 40.3. The van der Waals surface area contributed by atoms with Gasteiger partial charge in [-0.05, 0) is 182 Å². The summed E-state index contributed by atoms with van der Waals surface area (Å²) in [5.41, 5.74) is 6.95. The average Bonchev–Trinajstić information content (AvgIpc) is 1.59. The SMILES string of the molecule is Cc1cc(-c2cc(S(=O)(=O)N(C)C)cnc2OC2CCCCC2)n2cc[nH]c(=O)c12.Cc1cc(-c2cc(S(=O)(=O)N(C)C)cnc2OC2CCOCC2)n2cc[nH]c(=O)c12.Cc1cc(-c2cc(S(=O)(=O)N(C)C)cnc2Oc2ccc(F)cc2F)n2cc[nH]c(=O)c12.Cc1cc(-c2cc(S(=O)(=O)NC(C)(C)C)ccc2OC2CCC(F)(F)CC2)n2cc[nH]c(=O)c12. The summed E-state index contributed by atoms with van der Waals surface area (Å²) >= 11 is 0. The van der Waals surface area contributed by atoms with Gasteiger partial charge in [0.05, 0.1) is 82.3 Å². The van der Waals surface area contributed by atoms with Crippen molar-refractivity contribution in [3.8, 4) is 74.2 Å². The molecule has 0 radical (unpaired) electrons. The van der Waals surface area contributed by atoms with Gasteiger partial charge in [-0.1, -0.05) is 6.42 Å². The number of hydrogen-bond donors (Lipinski definition) is 5. The number of ether oxygens (including phenoxy) is 5. The largest absolute Gasteiger partial charge is 0.490 e. The quantitative estimate of drug-likeness (QED) is 0.0442. The first kappa shape index (κ1) is 92.0. The third-order valence-corrected chi connectivity index (χ3v) is 28.6. The van der Waals surface area contributed by atoms with Crippen LogP contribution in [0.15, 0.2) is 186 Å². The Morgan fingerprint density at radius 3 is 1.17 bits per heavy atom. The number of fused-ring (bicyclic) bond motifs is 4. The van der Waals surface area contributed by atoms with E-state index in [0.717, 1.165) is 80.9 Å². The van der Waals surface area contributed by atoms with Gasteiger partial charge in [-0.2, -0.15) is 0 Å². The Kier molecular flexibility index (Phi) is 26.8. The van der Waals surface area contributed by atoms with E-state index < -0.39 is 69.3 Å². The van der Waals surface area contributed by atoms with Crippen molar-refractivity contribution >= 4 is 62.2 Å². The molecule has 0 spiro atoms. The molecule has 0 amide bonds. The third kappa shape index (κ3) is 19.8. The molecule has 3 aliphatic rings. The number of hydrogen-bond acceptors (Lipinski definition) is 20. The van der Waals surface area contributed by atoms with Crippen molar-refractivity contribution < 1.29 is 74.9 Å². The van der Waals surface area contributed by atoms with E-state index in [1.54, 1.807) is 120 Å². The molecule has 3 fully saturated rings. The minimum absolute atomic E-state index is 0.0393. The summed E-state index contributed by atoms with van der Waals surface area (Å²) in [5, 5.41) is 0. The van der Waals surface area contributed by atoms with Crippen molar-refractivity contribution in [2.75, 3.05) is 55.5 Å². The van der Waals surface area contributed by atoms with Crippen LogP contribution < -0.4 is 45.9 Å². The second-order valence-corrected chi connectivity index (χ2v) is 40.6. The summed E-state index contributed by atoms with van der Waals surface area (Å²) in [6, 6.07) is 18.9. The minimum Gasteiger partial charge on any atom is -0.490 e. The van der Waals surface area contributed by atoms with Crippen LogP contribution in [0, 0.1) is 39.3 Å². The van der Waals surface area contributed by atoms with E-state index in [-0.39, 0.29) is 96.9 Å². The minimum atomic E-state index is -3.85. The topological polar surface area (TPSA) is 392 Å². The molecule has 0 atom stereocenters. The predicted molar refractivity (Wildman–Crippen MR) is 465 cm³/mol. The number of benzene rings is 2. The smallest absolute Gasteiger partial charge is 0.272 e. The lowest BCUT2D eigenvalue weighted by atomic mass is 9.94. The molecule has 0 bridgehead atoms. The standard InChI is InChI=1S/C24H29F2N3O4S.C21H18F2N4O4S.C21H26N4O4S.C20H24N4O5S/c1-15-13-19(29-12-11-27-22(30)21(15)29)18-14-17(34(31,32)28-23(2,3)4)5-6-20(18)33-16-7-9-24(25,26)10-8-16;1-12-8-17(27-7-6-24-20(28)19(12)27)15-10-14(32(29,30)26(2)3)11-25-21(15)31-18-5-4-13(22)9-16(18)23;1-14-11-18(25-10-9-22-20(26)19(14)25)17-12-16(30(27,28)24(2)3)13-23-21(17)29-15-7-5-4-6-8-15;1-13-10-17(24-7-6-21-19(25)18(13)24)16-11-15(30(26,27)23(2)3)12-22-20(16)29-14-4-8-28-9-5-14/h5-6,11-14,16,28H,7-10H2,1-4H3,(H,27,30);4-11H,1-3H3,(H,24,28);9-13,15H,4-8H2,1-3H3,(H,22,26);6-7,10-12,14H,4-5,8-9H2,1-3H3,(H,21,25). The van der Waals surface area contributed by atoms with E-state index in [4.69, 9.17) is 23.7 Å². The van der Waals surface area contributed by atoms with E-state index in [9.17, 15) is 70.4 Å².